The maximum Gasteiger partial charge on any atom is 0.279 e. The van der Waals surface area contributed by atoms with E-state index in [4.69, 9.17) is 4.74 Å². The maximum atomic E-state index is 12.3. The zero-order valence-electron chi connectivity index (χ0n) is 14.8. The lowest BCUT2D eigenvalue weighted by molar-refractivity contribution is -0.881. The van der Waals surface area contributed by atoms with Crippen LogP contribution in [0.15, 0.2) is 53.0 Å². The first kappa shape index (κ1) is 19.9. The number of halogens is 1. The van der Waals surface area contributed by atoms with Gasteiger partial charge in [-0.1, -0.05) is 28.1 Å². The van der Waals surface area contributed by atoms with Crippen LogP contribution in [0.2, 0.25) is 0 Å². The van der Waals surface area contributed by atoms with E-state index in [2.05, 4.69) is 26.6 Å². The van der Waals surface area contributed by atoms with Crippen molar-refractivity contribution >= 4 is 39.1 Å². The van der Waals surface area contributed by atoms with Crippen molar-refractivity contribution in [2.75, 3.05) is 37.4 Å². The number of nitrogens with one attached hydrogen (secondary N) is 3. The van der Waals surface area contributed by atoms with Gasteiger partial charge in [0.2, 0.25) is 0 Å². The molecule has 3 N–H and O–H groups in total. The second-order valence-electron chi connectivity index (χ2n) is 5.80. The van der Waals surface area contributed by atoms with E-state index < -0.39 is 0 Å². The molecular weight excluding hydrogens is 398 g/mol. The summed E-state index contributed by atoms with van der Waals surface area (Å²) in [5.74, 6) is 0.399. The van der Waals surface area contributed by atoms with Crippen molar-refractivity contribution in [1.29, 1.82) is 0 Å². The molecule has 0 spiro atoms. The van der Waals surface area contributed by atoms with E-state index in [-0.39, 0.29) is 24.9 Å². The molecule has 0 radical (unpaired) electrons. The Kier molecular flexibility index (Phi) is 7.62. The topological polar surface area (TPSA) is 71.9 Å². The Morgan fingerprint density at radius 2 is 1.58 bits per heavy atom. The van der Waals surface area contributed by atoms with Crippen LogP contribution in [0.25, 0.3) is 0 Å². The Bertz CT molecular complexity index is 767. The van der Waals surface area contributed by atoms with Crippen molar-refractivity contribution in [3.8, 4) is 5.75 Å². The first-order valence-corrected chi connectivity index (χ1v) is 9.12. The van der Waals surface area contributed by atoms with Crippen molar-refractivity contribution in [1.82, 2.24) is 0 Å². The Morgan fingerprint density at radius 3 is 2.12 bits per heavy atom. The fraction of sp³-hybridized carbons (Fsp3) is 0.263. The summed E-state index contributed by atoms with van der Waals surface area (Å²) in [6.07, 6.45) is 0. The maximum absolute atomic E-state index is 12.3. The normalized spacial score (nSPS) is 11.5. The highest BCUT2D eigenvalue weighted by molar-refractivity contribution is 9.10. The molecular formula is C19H23BrN3O3+. The van der Waals surface area contributed by atoms with Crippen molar-refractivity contribution in [2.24, 2.45) is 0 Å². The van der Waals surface area contributed by atoms with E-state index in [1.54, 1.807) is 19.2 Å². The highest BCUT2D eigenvalue weighted by atomic mass is 79.9. The lowest BCUT2D eigenvalue weighted by Gasteiger charge is -2.17. The SMILES string of the molecule is CC[NH+](CC(=O)Nc1cccc(Br)c1)CC(=O)Nc1cccc(OC)c1. The lowest BCUT2D eigenvalue weighted by atomic mass is 10.3. The quantitative estimate of drug-likeness (QED) is 0.610. The summed E-state index contributed by atoms with van der Waals surface area (Å²) >= 11 is 3.37. The number of hydrogen-bond acceptors (Lipinski definition) is 3. The third kappa shape index (κ3) is 6.50. The highest BCUT2D eigenvalue weighted by Crippen LogP contribution is 2.16. The summed E-state index contributed by atoms with van der Waals surface area (Å²) in [6.45, 7) is 3.03. The average molecular weight is 421 g/mol. The summed E-state index contributed by atoms with van der Waals surface area (Å²) in [5, 5.41) is 5.68. The number of benzene rings is 2. The van der Waals surface area contributed by atoms with E-state index in [0.717, 1.165) is 15.1 Å². The van der Waals surface area contributed by atoms with E-state index in [0.29, 0.717) is 18.0 Å². The number of anilines is 2. The summed E-state index contributed by atoms with van der Waals surface area (Å²) < 4.78 is 6.04. The molecule has 2 rings (SSSR count). The van der Waals surface area contributed by atoms with Crippen LogP contribution in [0.4, 0.5) is 11.4 Å². The van der Waals surface area contributed by atoms with Gasteiger partial charge in [-0.3, -0.25) is 9.59 Å². The fourth-order valence-electron chi connectivity index (χ4n) is 2.44. The zero-order valence-corrected chi connectivity index (χ0v) is 16.4. The van der Waals surface area contributed by atoms with Gasteiger partial charge in [0.25, 0.3) is 11.8 Å². The van der Waals surface area contributed by atoms with E-state index in [1.807, 2.05) is 43.3 Å². The van der Waals surface area contributed by atoms with Crippen molar-refractivity contribution in [3.05, 3.63) is 53.0 Å². The molecule has 0 fully saturated rings. The van der Waals surface area contributed by atoms with Gasteiger partial charge in [-0.05, 0) is 37.3 Å². The number of carbonyl (C=O) groups excluding carboxylic acids is 2. The molecule has 6 nitrogen and oxygen atoms in total. The fourth-order valence-corrected chi connectivity index (χ4v) is 2.84. The minimum atomic E-state index is -0.148. The lowest BCUT2D eigenvalue weighted by Crippen LogP contribution is -3.13. The second kappa shape index (κ2) is 9.94. The summed E-state index contributed by atoms with van der Waals surface area (Å²) in [7, 11) is 1.58. The predicted octanol–water partition coefficient (Wildman–Crippen LogP) is 1.94. The number of hydrogen-bond donors (Lipinski definition) is 3. The molecule has 0 heterocycles. The molecule has 0 aromatic heterocycles. The first-order valence-electron chi connectivity index (χ1n) is 8.33. The van der Waals surface area contributed by atoms with Gasteiger partial charge >= 0.3 is 0 Å². The molecule has 1 unspecified atom stereocenters. The van der Waals surface area contributed by atoms with E-state index in [9.17, 15) is 9.59 Å². The van der Waals surface area contributed by atoms with Crippen LogP contribution in [0, 0.1) is 0 Å². The number of quaternary nitrogens is 1. The molecule has 0 bridgehead atoms. The second-order valence-corrected chi connectivity index (χ2v) is 6.71. The number of carbonyl (C=O) groups is 2. The Labute approximate surface area is 161 Å². The molecule has 0 aliphatic rings. The van der Waals surface area contributed by atoms with Crippen molar-refractivity contribution in [3.63, 3.8) is 0 Å². The molecule has 2 aromatic carbocycles. The van der Waals surface area contributed by atoms with Crippen LogP contribution in [-0.4, -0.2) is 38.6 Å². The molecule has 138 valence electrons. The predicted molar refractivity (Wildman–Crippen MR) is 106 cm³/mol. The molecule has 2 amide bonds. The summed E-state index contributed by atoms with van der Waals surface area (Å²) in [4.78, 5) is 25.3. The van der Waals surface area contributed by atoms with Gasteiger partial charge in [0.05, 0.1) is 13.7 Å². The summed E-state index contributed by atoms with van der Waals surface area (Å²) in [6, 6.07) is 14.6. The Balaban J connectivity index is 1.87. The van der Waals surface area contributed by atoms with Crippen LogP contribution >= 0.6 is 15.9 Å². The number of likely N-dealkylation sites (N-methyl/N-ethyl adjacent to an activating group) is 1. The molecule has 26 heavy (non-hydrogen) atoms. The third-order valence-electron chi connectivity index (χ3n) is 3.78. The smallest absolute Gasteiger partial charge is 0.279 e. The van der Waals surface area contributed by atoms with Crippen LogP contribution in [0.3, 0.4) is 0 Å². The molecule has 0 aliphatic heterocycles. The number of ether oxygens (including phenoxy) is 1. The molecule has 1 atom stereocenters. The molecule has 7 heteroatoms. The van der Waals surface area contributed by atoms with E-state index >= 15 is 0 Å². The van der Waals surface area contributed by atoms with E-state index in [1.165, 1.54) is 0 Å². The van der Waals surface area contributed by atoms with Gasteiger partial charge in [-0.15, -0.1) is 0 Å². The zero-order chi connectivity index (χ0) is 18.9. The van der Waals surface area contributed by atoms with Gasteiger partial charge < -0.3 is 20.3 Å². The Hall–Kier alpha value is -2.38. The molecule has 0 aliphatic carbocycles. The van der Waals surface area contributed by atoms with Crippen LogP contribution in [-0.2, 0) is 9.59 Å². The van der Waals surface area contributed by atoms with Gasteiger partial charge in [-0.25, -0.2) is 0 Å². The number of rotatable bonds is 8. The number of methoxy groups -OCH3 is 1. The third-order valence-corrected chi connectivity index (χ3v) is 4.28. The van der Waals surface area contributed by atoms with Crippen molar-refractivity contribution < 1.29 is 19.2 Å². The van der Waals surface area contributed by atoms with Crippen LogP contribution in [0.1, 0.15) is 6.92 Å². The first-order chi connectivity index (χ1) is 12.5. The number of amides is 2. The van der Waals surface area contributed by atoms with Gasteiger partial charge in [0, 0.05) is 21.9 Å². The minimum absolute atomic E-state index is 0.130. The highest BCUT2D eigenvalue weighted by Gasteiger charge is 2.17. The Morgan fingerprint density at radius 1 is 1.00 bits per heavy atom. The monoisotopic (exact) mass is 420 g/mol. The standard InChI is InChI=1S/C19H22BrN3O3/c1-3-23(12-18(24)21-15-7-4-6-14(20)10-15)13-19(25)22-16-8-5-9-17(11-16)26-2/h4-11H,3,12-13H2,1-2H3,(H,21,24)(H,22,25)/p+1. The molecule has 0 saturated carbocycles. The minimum Gasteiger partial charge on any atom is -0.497 e. The molecule has 0 saturated heterocycles. The molecule has 2 aromatic rings. The van der Waals surface area contributed by atoms with Gasteiger partial charge in [0.1, 0.15) is 5.75 Å². The van der Waals surface area contributed by atoms with Crippen LogP contribution in [0.5, 0.6) is 5.75 Å². The summed E-state index contributed by atoms with van der Waals surface area (Å²) in [5.41, 5.74) is 1.39. The van der Waals surface area contributed by atoms with Crippen LogP contribution < -0.4 is 20.3 Å². The largest absolute Gasteiger partial charge is 0.497 e. The average Bonchev–Trinajstić information content (AvgIpc) is 2.61. The van der Waals surface area contributed by atoms with Crippen molar-refractivity contribution in [2.45, 2.75) is 6.92 Å². The van der Waals surface area contributed by atoms with Gasteiger partial charge in [0.15, 0.2) is 13.1 Å². The van der Waals surface area contributed by atoms with Gasteiger partial charge in [-0.2, -0.15) is 0 Å².